The van der Waals surface area contributed by atoms with Gasteiger partial charge in [-0.25, -0.2) is 0 Å². The monoisotopic (exact) mass is 376 g/mol. The highest BCUT2D eigenvalue weighted by Crippen LogP contribution is 2.31. The highest BCUT2D eigenvalue weighted by atomic mass is 35.5. The fraction of sp³-hybridized carbons (Fsp3) is 0.714. The average Bonchev–Trinajstić information content (AvgIpc) is 2.55. The molecule has 0 saturated heterocycles. The Labute approximate surface area is 152 Å². The minimum atomic E-state index is -0.561. The first-order valence-electron chi connectivity index (χ1n) is 8.12. The van der Waals surface area contributed by atoms with Crippen molar-refractivity contribution >= 4 is 35.7 Å². The molecule has 0 radical (unpaired) electrons. The predicted octanol–water partition coefficient (Wildman–Crippen LogP) is 1.55. The third-order valence-corrected chi connectivity index (χ3v) is 3.80. The molecule has 0 aromatic carbocycles. The van der Waals surface area contributed by atoms with Crippen LogP contribution >= 0.6 is 12.4 Å². The van der Waals surface area contributed by atoms with E-state index < -0.39 is 4.92 Å². The van der Waals surface area contributed by atoms with Crippen LogP contribution in [0.1, 0.15) is 32.1 Å². The summed E-state index contributed by atoms with van der Waals surface area (Å²) in [5.41, 5.74) is 5.45. The number of nitrogens with two attached hydrogens (primary N) is 1. The lowest BCUT2D eigenvalue weighted by Gasteiger charge is -2.23. The molecule has 1 aromatic rings. The molecule has 0 amide bonds. The van der Waals surface area contributed by atoms with Crippen molar-refractivity contribution in [1.29, 1.82) is 0 Å². The Morgan fingerprint density at radius 3 is 2.64 bits per heavy atom. The quantitative estimate of drug-likeness (QED) is 0.286. The third-order valence-electron chi connectivity index (χ3n) is 3.80. The molecule has 1 fully saturated rings. The first-order valence-corrected chi connectivity index (χ1v) is 8.12. The van der Waals surface area contributed by atoms with Gasteiger partial charge in [-0.15, -0.1) is 12.4 Å². The van der Waals surface area contributed by atoms with Crippen molar-refractivity contribution in [3.05, 3.63) is 10.1 Å². The van der Waals surface area contributed by atoms with E-state index in [2.05, 4.69) is 20.6 Å². The zero-order valence-corrected chi connectivity index (χ0v) is 14.8. The molecular weight excluding hydrogens is 352 g/mol. The molecule has 1 aromatic heterocycles. The smallest absolute Gasteiger partial charge is 0.353 e. The largest absolute Gasteiger partial charge is 0.394 e. The standard InChI is InChI=1S/C14H24N6O4.ClH/c15-12-11(20(22)23)13(17-10-4-2-1-3-5-10)19-14(18-12)16-6-8-24-9-7-21;/h10,21H,1-9H2,(H4,15,16,17,18,19);1H. The molecule has 5 N–H and O–H groups in total. The van der Waals surface area contributed by atoms with E-state index in [1.54, 1.807) is 0 Å². The zero-order valence-electron chi connectivity index (χ0n) is 13.9. The second kappa shape index (κ2) is 10.9. The number of anilines is 3. The summed E-state index contributed by atoms with van der Waals surface area (Å²) in [6.07, 6.45) is 5.29. The molecule has 0 atom stereocenters. The Kier molecular flexibility index (Phi) is 9.17. The van der Waals surface area contributed by atoms with Crippen molar-refractivity contribution in [1.82, 2.24) is 9.97 Å². The number of hydrogen-bond donors (Lipinski definition) is 4. The van der Waals surface area contributed by atoms with Gasteiger partial charge in [0.15, 0.2) is 0 Å². The van der Waals surface area contributed by atoms with Crippen LogP contribution in [-0.2, 0) is 4.74 Å². The highest BCUT2D eigenvalue weighted by Gasteiger charge is 2.25. The van der Waals surface area contributed by atoms with Gasteiger partial charge >= 0.3 is 5.69 Å². The molecule has 1 aliphatic rings. The second-order valence-electron chi connectivity index (χ2n) is 5.63. The van der Waals surface area contributed by atoms with Gasteiger partial charge < -0.3 is 26.2 Å². The van der Waals surface area contributed by atoms with E-state index >= 15 is 0 Å². The van der Waals surface area contributed by atoms with E-state index in [9.17, 15) is 10.1 Å². The number of nitro groups is 1. The van der Waals surface area contributed by atoms with Gasteiger partial charge in [-0.05, 0) is 12.8 Å². The van der Waals surface area contributed by atoms with Gasteiger partial charge in [0.1, 0.15) is 0 Å². The maximum atomic E-state index is 11.3. The lowest BCUT2D eigenvalue weighted by molar-refractivity contribution is -0.383. The van der Waals surface area contributed by atoms with Crippen molar-refractivity contribution in [2.45, 2.75) is 38.1 Å². The van der Waals surface area contributed by atoms with E-state index in [4.69, 9.17) is 15.6 Å². The van der Waals surface area contributed by atoms with Crippen LogP contribution in [0.3, 0.4) is 0 Å². The molecule has 1 heterocycles. The van der Waals surface area contributed by atoms with Gasteiger partial charge in [0.2, 0.25) is 17.6 Å². The second-order valence-corrected chi connectivity index (χ2v) is 5.63. The molecule has 0 bridgehead atoms. The topological polar surface area (TPSA) is 148 Å². The maximum absolute atomic E-state index is 11.3. The molecule has 0 aliphatic heterocycles. The zero-order chi connectivity index (χ0) is 17.4. The summed E-state index contributed by atoms with van der Waals surface area (Å²) in [6, 6.07) is 0.160. The van der Waals surface area contributed by atoms with Crippen LogP contribution in [0.5, 0.6) is 0 Å². The van der Waals surface area contributed by atoms with Crippen molar-refractivity contribution in [3.8, 4) is 0 Å². The molecule has 0 unspecified atom stereocenters. The van der Waals surface area contributed by atoms with Crippen LogP contribution in [-0.4, -0.2) is 52.4 Å². The fourth-order valence-electron chi connectivity index (χ4n) is 2.67. The van der Waals surface area contributed by atoms with Gasteiger partial charge in [-0.3, -0.25) is 10.1 Å². The normalized spacial score (nSPS) is 14.6. The van der Waals surface area contributed by atoms with Crippen LogP contribution in [0.2, 0.25) is 0 Å². The molecule has 2 rings (SSSR count). The summed E-state index contributed by atoms with van der Waals surface area (Å²) < 4.78 is 5.13. The molecule has 25 heavy (non-hydrogen) atoms. The Bertz CT molecular complexity index is 556. The Hall–Kier alpha value is -1.91. The molecule has 10 nitrogen and oxygen atoms in total. The summed E-state index contributed by atoms with van der Waals surface area (Å²) in [5, 5.41) is 26.0. The SMILES string of the molecule is Cl.Nc1nc(NCCOCCO)nc(NC2CCCCC2)c1[N+](=O)[O-]. The number of aromatic nitrogens is 2. The number of nitrogen functional groups attached to an aromatic ring is 1. The van der Waals surface area contributed by atoms with E-state index in [0.717, 1.165) is 25.7 Å². The van der Waals surface area contributed by atoms with Crippen molar-refractivity contribution in [2.24, 2.45) is 0 Å². The summed E-state index contributed by atoms with van der Waals surface area (Å²) in [5.74, 6) is 0.189. The number of nitrogens with zero attached hydrogens (tertiary/aromatic N) is 3. The summed E-state index contributed by atoms with van der Waals surface area (Å²) in [7, 11) is 0. The third kappa shape index (κ3) is 6.48. The minimum Gasteiger partial charge on any atom is -0.394 e. The van der Waals surface area contributed by atoms with Crippen LogP contribution < -0.4 is 16.4 Å². The lowest BCUT2D eigenvalue weighted by atomic mass is 9.95. The van der Waals surface area contributed by atoms with E-state index in [1.807, 2.05) is 0 Å². The Morgan fingerprint density at radius 2 is 2.00 bits per heavy atom. The van der Waals surface area contributed by atoms with Crippen molar-refractivity contribution in [3.63, 3.8) is 0 Å². The van der Waals surface area contributed by atoms with Crippen LogP contribution in [0.25, 0.3) is 0 Å². The number of aliphatic hydroxyl groups excluding tert-OH is 1. The van der Waals surface area contributed by atoms with Gasteiger partial charge in [-0.2, -0.15) is 9.97 Å². The molecule has 142 valence electrons. The Balaban J connectivity index is 0.00000312. The molecule has 0 spiro atoms. The summed E-state index contributed by atoms with van der Waals surface area (Å²) >= 11 is 0. The number of rotatable bonds is 9. The molecular formula is C14H25ClN6O4. The van der Waals surface area contributed by atoms with Crippen LogP contribution in [0.15, 0.2) is 0 Å². The number of halogens is 1. The maximum Gasteiger partial charge on any atom is 0.353 e. The van der Waals surface area contributed by atoms with E-state index in [1.165, 1.54) is 6.42 Å². The summed E-state index contributed by atoms with van der Waals surface area (Å²) in [4.78, 5) is 18.9. The van der Waals surface area contributed by atoms with Gasteiger partial charge in [0.05, 0.1) is 24.7 Å². The van der Waals surface area contributed by atoms with Gasteiger partial charge in [-0.1, -0.05) is 19.3 Å². The highest BCUT2D eigenvalue weighted by molar-refractivity contribution is 5.85. The Morgan fingerprint density at radius 1 is 1.28 bits per heavy atom. The van der Waals surface area contributed by atoms with Crippen molar-refractivity contribution in [2.75, 3.05) is 42.7 Å². The lowest BCUT2D eigenvalue weighted by Crippen LogP contribution is -2.24. The fourth-order valence-corrected chi connectivity index (χ4v) is 2.67. The average molecular weight is 377 g/mol. The van der Waals surface area contributed by atoms with Crippen LogP contribution in [0, 0.1) is 10.1 Å². The predicted molar refractivity (Wildman–Crippen MR) is 97.2 cm³/mol. The van der Waals surface area contributed by atoms with E-state index in [-0.39, 0.29) is 54.9 Å². The summed E-state index contributed by atoms with van der Waals surface area (Å²) in [6.45, 7) is 0.960. The molecule has 11 heteroatoms. The van der Waals surface area contributed by atoms with Crippen molar-refractivity contribution < 1.29 is 14.8 Å². The first-order chi connectivity index (χ1) is 11.6. The number of nitrogens with one attached hydrogen (secondary N) is 2. The van der Waals surface area contributed by atoms with Gasteiger partial charge in [0, 0.05) is 12.6 Å². The van der Waals surface area contributed by atoms with E-state index in [0.29, 0.717) is 13.2 Å². The molecule has 1 aliphatic carbocycles. The number of hydrogen-bond acceptors (Lipinski definition) is 9. The van der Waals surface area contributed by atoms with Crippen LogP contribution in [0.4, 0.5) is 23.3 Å². The number of ether oxygens (including phenoxy) is 1. The minimum absolute atomic E-state index is 0. The number of aliphatic hydroxyl groups is 1. The van der Waals surface area contributed by atoms with Gasteiger partial charge in [0.25, 0.3) is 0 Å². The first kappa shape index (κ1) is 21.1. The molecule has 1 saturated carbocycles.